The van der Waals surface area contributed by atoms with E-state index in [9.17, 15) is 22.4 Å². The molecule has 0 spiro atoms. The standard InChI is InChI=1S/C21H30FN3O4S/c1-15(2)19(21(27)24-11-3-4-12-24)23-20(26)16-9-13-25(14-10-16)30(28,29)18-7-5-17(22)6-8-18/h5-8,15-16,19H,3-4,9-14H2,1-2H3,(H,23,26)/t19-/m0/s1. The number of piperidine rings is 1. The normalized spacial score (nSPS) is 19.8. The lowest BCUT2D eigenvalue weighted by Crippen LogP contribution is -2.53. The summed E-state index contributed by atoms with van der Waals surface area (Å²) in [5.41, 5.74) is 0. The maximum atomic E-state index is 13.1. The van der Waals surface area contributed by atoms with Gasteiger partial charge in [0.15, 0.2) is 0 Å². The molecule has 1 atom stereocenters. The van der Waals surface area contributed by atoms with E-state index in [1.807, 2.05) is 18.7 Å². The number of rotatable bonds is 6. The van der Waals surface area contributed by atoms with E-state index in [2.05, 4.69) is 5.32 Å². The highest BCUT2D eigenvalue weighted by atomic mass is 32.2. The van der Waals surface area contributed by atoms with Crippen molar-refractivity contribution in [1.29, 1.82) is 0 Å². The quantitative estimate of drug-likeness (QED) is 0.734. The summed E-state index contributed by atoms with van der Waals surface area (Å²) in [5.74, 6) is -1.09. The summed E-state index contributed by atoms with van der Waals surface area (Å²) in [4.78, 5) is 27.4. The van der Waals surface area contributed by atoms with Crippen LogP contribution in [0.15, 0.2) is 29.2 Å². The van der Waals surface area contributed by atoms with Crippen molar-refractivity contribution in [2.24, 2.45) is 11.8 Å². The molecule has 2 heterocycles. The topological polar surface area (TPSA) is 86.8 Å². The zero-order chi connectivity index (χ0) is 21.9. The summed E-state index contributed by atoms with van der Waals surface area (Å²) < 4.78 is 39.9. The molecular formula is C21H30FN3O4S. The Balaban J connectivity index is 1.59. The smallest absolute Gasteiger partial charge is 0.245 e. The molecule has 0 saturated carbocycles. The fourth-order valence-electron chi connectivity index (χ4n) is 4.03. The number of nitrogens with one attached hydrogen (secondary N) is 1. The predicted octanol–water partition coefficient (Wildman–Crippen LogP) is 1.99. The second-order valence-corrected chi connectivity index (χ2v) is 10.3. The Kier molecular flexibility index (Phi) is 7.13. The highest BCUT2D eigenvalue weighted by Gasteiger charge is 2.35. The molecule has 1 N–H and O–H groups in total. The van der Waals surface area contributed by atoms with Crippen LogP contribution in [-0.2, 0) is 19.6 Å². The highest BCUT2D eigenvalue weighted by Crippen LogP contribution is 2.25. The molecule has 30 heavy (non-hydrogen) atoms. The molecule has 0 bridgehead atoms. The van der Waals surface area contributed by atoms with E-state index in [0.29, 0.717) is 12.8 Å². The first-order valence-electron chi connectivity index (χ1n) is 10.5. The van der Waals surface area contributed by atoms with Gasteiger partial charge in [0.05, 0.1) is 4.90 Å². The molecule has 2 aliphatic heterocycles. The number of sulfonamides is 1. The van der Waals surface area contributed by atoms with E-state index < -0.39 is 21.9 Å². The average Bonchev–Trinajstić information content (AvgIpc) is 3.26. The first-order valence-corrected chi connectivity index (χ1v) is 12.0. The molecule has 0 unspecified atom stereocenters. The van der Waals surface area contributed by atoms with E-state index >= 15 is 0 Å². The average molecular weight is 440 g/mol. The molecule has 3 rings (SSSR count). The summed E-state index contributed by atoms with van der Waals surface area (Å²) in [5, 5.41) is 2.91. The van der Waals surface area contributed by atoms with Gasteiger partial charge in [-0.1, -0.05) is 13.8 Å². The van der Waals surface area contributed by atoms with Crippen LogP contribution in [0.5, 0.6) is 0 Å². The van der Waals surface area contributed by atoms with E-state index in [1.165, 1.54) is 16.4 Å². The molecule has 1 aromatic carbocycles. The summed E-state index contributed by atoms with van der Waals surface area (Å²) in [7, 11) is -3.71. The fourth-order valence-corrected chi connectivity index (χ4v) is 5.50. The van der Waals surface area contributed by atoms with Gasteiger partial charge in [-0.25, -0.2) is 12.8 Å². The number of likely N-dealkylation sites (tertiary alicyclic amines) is 1. The van der Waals surface area contributed by atoms with Crippen molar-refractivity contribution in [2.45, 2.75) is 50.5 Å². The van der Waals surface area contributed by atoms with Gasteiger partial charge in [0.1, 0.15) is 11.9 Å². The van der Waals surface area contributed by atoms with Crippen LogP contribution in [0.3, 0.4) is 0 Å². The summed E-state index contributed by atoms with van der Waals surface area (Å²) >= 11 is 0. The Bertz CT molecular complexity index is 859. The molecule has 166 valence electrons. The second kappa shape index (κ2) is 9.43. The third-order valence-corrected chi connectivity index (χ3v) is 7.84. The van der Waals surface area contributed by atoms with Crippen LogP contribution >= 0.6 is 0 Å². The minimum Gasteiger partial charge on any atom is -0.344 e. The van der Waals surface area contributed by atoms with E-state index in [0.717, 1.165) is 38.1 Å². The van der Waals surface area contributed by atoms with Crippen molar-refractivity contribution in [3.63, 3.8) is 0 Å². The molecule has 1 aromatic rings. The Hall–Kier alpha value is -2.00. The molecule has 0 radical (unpaired) electrons. The maximum Gasteiger partial charge on any atom is 0.245 e. The summed E-state index contributed by atoms with van der Waals surface area (Å²) in [6, 6.07) is 4.19. The first-order chi connectivity index (χ1) is 14.2. The number of nitrogens with zero attached hydrogens (tertiary/aromatic N) is 2. The number of carbonyl (C=O) groups is 2. The number of halogens is 1. The Morgan fingerprint density at radius 1 is 1.03 bits per heavy atom. The van der Waals surface area contributed by atoms with Gasteiger partial charge < -0.3 is 10.2 Å². The molecular weight excluding hydrogens is 409 g/mol. The highest BCUT2D eigenvalue weighted by molar-refractivity contribution is 7.89. The second-order valence-electron chi connectivity index (χ2n) is 8.39. The largest absolute Gasteiger partial charge is 0.344 e. The van der Waals surface area contributed by atoms with Crippen LogP contribution in [0, 0.1) is 17.7 Å². The fraction of sp³-hybridized carbons (Fsp3) is 0.619. The predicted molar refractivity (Wildman–Crippen MR) is 110 cm³/mol. The van der Waals surface area contributed by atoms with Crippen molar-refractivity contribution in [1.82, 2.24) is 14.5 Å². The molecule has 2 amide bonds. The molecule has 7 nitrogen and oxygen atoms in total. The van der Waals surface area contributed by atoms with Crippen LogP contribution in [0.1, 0.15) is 39.5 Å². The van der Waals surface area contributed by atoms with Crippen molar-refractivity contribution in [2.75, 3.05) is 26.2 Å². The lowest BCUT2D eigenvalue weighted by molar-refractivity contribution is -0.138. The molecule has 0 aliphatic carbocycles. The van der Waals surface area contributed by atoms with Gasteiger partial charge >= 0.3 is 0 Å². The van der Waals surface area contributed by atoms with Crippen LogP contribution in [0.2, 0.25) is 0 Å². The lowest BCUT2D eigenvalue weighted by atomic mass is 9.95. The Morgan fingerprint density at radius 2 is 1.60 bits per heavy atom. The first kappa shape index (κ1) is 22.7. The number of amides is 2. The molecule has 2 aliphatic rings. The van der Waals surface area contributed by atoms with E-state index in [4.69, 9.17) is 0 Å². The van der Waals surface area contributed by atoms with E-state index in [1.54, 1.807) is 0 Å². The summed E-state index contributed by atoms with van der Waals surface area (Å²) in [6.07, 6.45) is 2.75. The van der Waals surface area contributed by atoms with Crippen LogP contribution in [0.4, 0.5) is 4.39 Å². The van der Waals surface area contributed by atoms with Gasteiger partial charge in [-0.15, -0.1) is 0 Å². The van der Waals surface area contributed by atoms with Gasteiger partial charge in [-0.2, -0.15) is 4.31 Å². The summed E-state index contributed by atoms with van der Waals surface area (Å²) in [6.45, 7) is 5.72. The molecule has 2 saturated heterocycles. The zero-order valence-electron chi connectivity index (χ0n) is 17.5. The van der Waals surface area contributed by atoms with Crippen LogP contribution in [0.25, 0.3) is 0 Å². The van der Waals surface area contributed by atoms with E-state index in [-0.39, 0.29) is 41.6 Å². The number of hydrogen-bond donors (Lipinski definition) is 1. The van der Waals surface area contributed by atoms with Crippen molar-refractivity contribution in [3.8, 4) is 0 Å². The zero-order valence-corrected chi connectivity index (χ0v) is 18.3. The molecule has 2 fully saturated rings. The van der Waals surface area contributed by atoms with Crippen molar-refractivity contribution >= 4 is 21.8 Å². The third-order valence-electron chi connectivity index (χ3n) is 5.92. The van der Waals surface area contributed by atoms with Gasteiger partial charge in [-0.05, 0) is 55.9 Å². The maximum absolute atomic E-state index is 13.1. The third kappa shape index (κ3) is 5.00. The van der Waals surface area contributed by atoms with Gasteiger partial charge in [0.25, 0.3) is 0 Å². The van der Waals surface area contributed by atoms with Crippen molar-refractivity contribution in [3.05, 3.63) is 30.1 Å². The monoisotopic (exact) mass is 439 g/mol. The molecule has 9 heteroatoms. The Morgan fingerprint density at radius 3 is 2.13 bits per heavy atom. The Labute approximate surface area is 177 Å². The number of carbonyl (C=O) groups excluding carboxylic acids is 2. The minimum atomic E-state index is -3.71. The lowest BCUT2D eigenvalue weighted by Gasteiger charge is -2.32. The minimum absolute atomic E-state index is 0.0269. The van der Waals surface area contributed by atoms with Gasteiger partial charge in [0.2, 0.25) is 21.8 Å². The number of benzene rings is 1. The van der Waals surface area contributed by atoms with Gasteiger partial charge in [0, 0.05) is 32.1 Å². The van der Waals surface area contributed by atoms with Gasteiger partial charge in [-0.3, -0.25) is 9.59 Å². The SMILES string of the molecule is CC(C)[C@H](NC(=O)C1CCN(S(=O)(=O)c2ccc(F)cc2)CC1)C(=O)N1CCCC1. The van der Waals surface area contributed by atoms with Crippen LogP contribution in [-0.4, -0.2) is 61.7 Å². The van der Waals surface area contributed by atoms with Crippen LogP contribution < -0.4 is 5.32 Å². The van der Waals surface area contributed by atoms with Crippen molar-refractivity contribution < 1.29 is 22.4 Å². The number of hydrogen-bond acceptors (Lipinski definition) is 4. The molecule has 0 aromatic heterocycles.